The van der Waals surface area contributed by atoms with E-state index < -0.39 is 47.3 Å². The van der Waals surface area contributed by atoms with Crippen LogP contribution in [0.3, 0.4) is 0 Å². The van der Waals surface area contributed by atoms with Gasteiger partial charge in [-0.05, 0) is 76.3 Å². The van der Waals surface area contributed by atoms with E-state index in [4.69, 9.17) is 0 Å². The van der Waals surface area contributed by atoms with Crippen molar-refractivity contribution < 1.29 is 24.0 Å². The second-order valence-corrected chi connectivity index (χ2v) is 12.5. The summed E-state index contributed by atoms with van der Waals surface area (Å²) >= 11 is 0. The second-order valence-electron chi connectivity index (χ2n) is 12.5. The quantitative estimate of drug-likeness (QED) is 0.212. The van der Waals surface area contributed by atoms with Gasteiger partial charge in [0.15, 0.2) is 0 Å². The van der Waals surface area contributed by atoms with Crippen molar-refractivity contribution in [3.63, 3.8) is 0 Å². The Morgan fingerprint density at radius 3 is 2.16 bits per heavy atom. The Kier molecular flexibility index (Phi) is 14.3. The van der Waals surface area contributed by atoms with Crippen LogP contribution in [0.15, 0.2) is 49.6 Å². The molecule has 3 atom stereocenters. The predicted molar refractivity (Wildman–Crippen MR) is 173 cm³/mol. The molecule has 242 valence electrons. The minimum absolute atomic E-state index is 0.125. The smallest absolute Gasteiger partial charge is 0.315 e. The summed E-state index contributed by atoms with van der Waals surface area (Å²) in [6, 6.07) is 4.80. The third-order valence-corrected chi connectivity index (χ3v) is 7.36. The van der Waals surface area contributed by atoms with Gasteiger partial charge >= 0.3 is 6.03 Å². The molecule has 0 aromatic heterocycles. The fourth-order valence-corrected chi connectivity index (χ4v) is 5.44. The molecule has 1 aromatic carbocycles. The third-order valence-electron chi connectivity index (χ3n) is 7.36. The van der Waals surface area contributed by atoms with Crippen LogP contribution in [-0.4, -0.2) is 71.2 Å². The topological polar surface area (TPSA) is 137 Å². The number of likely N-dealkylation sites (tertiary alicyclic amines) is 1. The number of hydrogen-bond acceptors (Lipinski definition) is 5. The summed E-state index contributed by atoms with van der Waals surface area (Å²) in [5.41, 5.74) is 1.78. The van der Waals surface area contributed by atoms with Crippen LogP contribution in [0.25, 0.3) is 0 Å². The van der Waals surface area contributed by atoms with Crippen LogP contribution in [-0.2, 0) is 32.0 Å². The van der Waals surface area contributed by atoms with Gasteiger partial charge in [-0.15, -0.1) is 13.2 Å². The van der Waals surface area contributed by atoms with E-state index in [1.165, 1.54) is 17.4 Å². The fourth-order valence-electron chi connectivity index (χ4n) is 5.44. The Balaban J connectivity index is 0.00000216. The number of nitrogens with zero attached hydrogens (tertiary/aromatic N) is 1. The lowest BCUT2D eigenvalue weighted by Gasteiger charge is -2.33. The van der Waals surface area contributed by atoms with E-state index in [-0.39, 0.29) is 24.8 Å². The first-order chi connectivity index (χ1) is 20.9. The van der Waals surface area contributed by atoms with E-state index in [1.54, 1.807) is 6.08 Å². The summed E-state index contributed by atoms with van der Waals surface area (Å²) in [7, 11) is 0. The molecule has 1 fully saturated rings. The number of carbonyl (C=O) groups excluding carboxylic acids is 5. The summed E-state index contributed by atoms with van der Waals surface area (Å²) < 4.78 is 0. The van der Waals surface area contributed by atoms with E-state index in [1.807, 2.05) is 45.0 Å². The summed E-state index contributed by atoms with van der Waals surface area (Å²) in [5, 5.41) is 10.9. The molecule has 3 rings (SSSR count). The van der Waals surface area contributed by atoms with Crippen molar-refractivity contribution in [3.8, 4) is 0 Å². The predicted octanol–water partition coefficient (Wildman–Crippen LogP) is 3.60. The monoisotopic (exact) mass is 609 g/mol. The molecule has 4 N–H and O–H groups in total. The van der Waals surface area contributed by atoms with Gasteiger partial charge in [0.1, 0.15) is 12.1 Å². The van der Waals surface area contributed by atoms with Crippen molar-refractivity contribution in [3.05, 3.63) is 60.7 Å². The molecule has 5 amide bonds. The van der Waals surface area contributed by atoms with Crippen molar-refractivity contribution in [2.45, 2.75) is 103 Å². The average molecular weight is 610 g/mol. The highest BCUT2D eigenvalue weighted by atomic mass is 16.2. The number of fused-ring (bicyclic) bond motifs is 1. The second kappa shape index (κ2) is 17.4. The lowest BCUT2D eigenvalue weighted by molar-refractivity contribution is -0.143. The summed E-state index contributed by atoms with van der Waals surface area (Å²) in [5.74, 6) is -2.58. The van der Waals surface area contributed by atoms with Crippen LogP contribution in [0.5, 0.6) is 0 Å². The molecule has 1 aromatic rings. The van der Waals surface area contributed by atoms with E-state index >= 15 is 0 Å². The molecule has 1 aliphatic heterocycles. The first-order valence-corrected chi connectivity index (χ1v) is 15.7. The third kappa shape index (κ3) is 10.6. The van der Waals surface area contributed by atoms with Gasteiger partial charge in [-0.2, -0.15) is 0 Å². The van der Waals surface area contributed by atoms with Gasteiger partial charge in [-0.1, -0.05) is 56.7 Å². The Morgan fingerprint density at radius 2 is 1.61 bits per heavy atom. The number of amides is 5. The Hall–Kier alpha value is -3.95. The van der Waals surface area contributed by atoms with E-state index in [2.05, 4.69) is 48.3 Å². The minimum atomic E-state index is -1.06. The molecule has 10 heteroatoms. The molecule has 0 saturated carbocycles. The van der Waals surface area contributed by atoms with Crippen molar-refractivity contribution in [2.24, 2.45) is 5.92 Å². The number of nitrogens with one attached hydrogen (secondary N) is 4. The van der Waals surface area contributed by atoms with Crippen molar-refractivity contribution in [2.75, 3.05) is 13.1 Å². The average Bonchev–Trinajstić information content (AvgIpc) is 3.63. The maximum atomic E-state index is 14.1. The van der Waals surface area contributed by atoms with E-state index in [0.717, 1.165) is 11.1 Å². The highest BCUT2D eigenvalue weighted by molar-refractivity contribution is 6.38. The van der Waals surface area contributed by atoms with Crippen LogP contribution in [0.2, 0.25) is 0 Å². The van der Waals surface area contributed by atoms with E-state index in [0.29, 0.717) is 38.6 Å². The molecule has 2 aliphatic rings. The molecule has 1 aliphatic carbocycles. The number of benzene rings is 1. The first-order valence-electron chi connectivity index (χ1n) is 15.7. The number of allylic oxidation sites excluding steroid dienone is 1. The van der Waals surface area contributed by atoms with Crippen molar-refractivity contribution >= 4 is 29.5 Å². The molecule has 44 heavy (non-hydrogen) atoms. The molecule has 1 saturated heterocycles. The molecular weight excluding hydrogens is 558 g/mol. The number of rotatable bonds is 12. The molecule has 1 heterocycles. The highest BCUT2D eigenvalue weighted by Crippen LogP contribution is 2.31. The van der Waals surface area contributed by atoms with Gasteiger partial charge in [0.05, 0.1) is 6.04 Å². The summed E-state index contributed by atoms with van der Waals surface area (Å²) in [6.07, 6.45) is 7.20. The minimum Gasteiger partial charge on any atom is -0.346 e. The fraction of sp³-hybridized carbons (Fsp3) is 0.559. The Bertz CT molecular complexity index is 1170. The number of carbonyl (C=O) groups is 5. The largest absolute Gasteiger partial charge is 0.346 e. The molecule has 10 nitrogen and oxygen atoms in total. The zero-order valence-corrected chi connectivity index (χ0v) is 27.0. The maximum absolute atomic E-state index is 14.1. The standard InChI is InChI=1S/C31H43N5O5.C3H8/c1-6-8-14-23(26(37)28(39)32-16-7-2)33-27(38)24-15-11-17-36(24)29(40)25(34-30(41)35-31(3,4)5)22-18-20-12-9-10-13-21(20)19-22;1-3-2/h6-7,9-10,12-13,22-25H,1-2,8,11,14-19H2,3-5H3,(H,32,39)(H,33,38)(H2,34,35,41);3H2,1-2H3/t23?,24-,25-;/m0./s1. The van der Waals surface area contributed by atoms with Gasteiger partial charge in [0.25, 0.3) is 5.91 Å². The van der Waals surface area contributed by atoms with Crippen LogP contribution < -0.4 is 21.3 Å². The lowest BCUT2D eigenvalue weighted by Crippen LogP contribution is -2.60. The van der Waals surface area contributed by atoms with Crippen molar-refractivity contribution in [1.29, 1.82) is 0 Å². The van der Waals surface area contributed by atoms with Gasteiger partial charge in [0, 0.05) is 18.6 Å². The van der Waals surface area contributed by atoms with Crippen LogP contribution in [0.4, 0.5) is 4.79 Å². The summed E-state index contributed by atoms with van der Waals surface area (Å²) in [6.45, 7) is 17.5. The van der Waals surface area contributed by atoms with Gasteiger partial charge < -0.3 is 26.2 Å². The summed E-state index contributed by atoms with van der Waals surface area (Å²) in [4.78, 5) is 67.1. The Labute approximate surface area is 262 Å². The SMILES string of the molecule is C=CCCC(NC(=O)[C@@H]1CCCN1C(=O)[C@@H](NC(=O)NC(C)(C)C)C1Cc2ccccc2C1)C(=O)C(=O)NCC=C.CCC. The number of hydrogen-bond donors (Lipinski definition) is 4. The number of ketones is 1. The first kappa shape index (κ1) is 36.2. The molecule has 0 spiro atoms. The Morgan fingerprint density at radius 1 is 1.00 bits per heavy atom. The van der Waals surface area contributed by atoms with Gasteiger partial charge in [-0.3, -0.25) is 19.2 Å². The molecular formula is C34H51N5O5. The normalized spacial score (nSPS) is 17.2. The molecule has 0 radical (unpaired) electrons. The van der Waals surface area contributed by atoms with E-state index in [9.17, 15) is 24.0 Å². The maximum Gasteiger partial charge on any atom is 0.315 e. The van der Waals surface area contributed by atoms with Crippen LogP contribution >= 0.6 is 0 Å². The number of urea groups is 1. The van der Waals surface area contributed by atoms with Gasteiger partial charge in [-0.25, -0.2) is 4.79 Å². The highest BCUT2D eigenvalue weighted by Gasteiger charge is 2.43. The van der Waals surface area contributed by atoms with Crippen LogP contribution in [0.1, 0.15) is 77.8 Å². The van der Waals surface area contributed by atoms with Crippen LogP contribution in [0, 0.1) is 5.92 Å². The zero-order chi connectivity index (χ0) is 32.9. The number of Topliss-reactive ketones (excluding diaryl/α,β-unsaturated/α-hetero) is 1. The van der Waals surface area contributed by atoms with Crippen molar-refractivity contribution in [1.82, 2.24) is 26.2 Å². The lowest BCUT2D eigenvalue weighted by atomic mass is 9.94. The molecule has 1 unspecified atom stereocenters. The molecule has 0 bridgehead atoms. The zero-order valence-electron chi connectivity index (χ0n) is 27.0. The van der Waals surface area contributed by atoms with Gasteiger partial charge in [0.2, 0.25) is 17.6 Å².